The molecule has 1 aromatic heterocycles. The van der Waals surface area contributed by atoms with Gasteiger partial charge in [0.05, 0.1) is 10.7 Å². The van der Waals surface area contributed by atoms with E-state index in [-0.39, 0.29) is 5.91 Å². The second kappa shape index (κ2) is 7.42. The molecular formula is C17H13BrClN3OS. The summed E-state index contributed by atoms with van der Waals surface area (Å²) in [5.74, 6) is -0.239. The van der Waals surface area contributed by atoms with Crippen molar-refractivity contribution >= 4 is 45.2 Å². The number of hydrogen-bond acceptors (Lipinski definition) is 3. The normalized spacial score (nSPS) is 10.6. The van der Waals surface area contributed by atoms with E-state index in [1.54, 1.807) is 23.9 Å². The molecule has 24 heavy (non-hydrogen) atoms. The van der Waals surface area contributed by atoms with Gasteiger partial charge in [-0.25, -0.2) is 4.68 Å². The van der Waals surface area contributed by atoms with Gasteiger partial charge in [0.25, 0.3) is 5.91 Å². The number of nitrogens with one attached hydrogen (secondary N) is 1. The number of nitrogens with zero attached hydrogens (tertiary/aromatic N) is 2. The molecule has 0 bridgehead atoms. The third-order valence-corrected chi connectivity index (χ3v) is 5.04. The van der Waals surface area contributed by atoms with Crippen LogP contribution in [0, 0.1) is 0 Å². The van der Waals surface area contributed by atoms with Crippen molar-refractivity contribution in [3.8, 4) is 5.69 Å². The zero-order valence-corrected chi connectivity index (χ0v) is 15.8. The first-order valence-electron chi connectivity index (χ1n) is 7.09. The molecule has 7 heteroatoms. The molecule has 1 heterocycles. The number of halogens is 2. The predicted molar refractivity (Wildman–Crippen MR) is 100 cm³/mol. The van der Waals surface area contributed by atoms with Gasteiger partial charge in [-0.2, -0.15) is 5.10 Å². The molecule has 0 saturated carbocycles. The minimum absolute atomic E-state index is 0.239. The average Bonchev–Trinajstić information content (AvgIpc) is 2.98. The fraction of sp³-hybridized carbons (Fsp3) is 0.0588. The van der Waals surface area contributed by atoms with Crippen molar-refractivity contribution in [1.29, 1.82) is 0 Å². The minimum Gasteiger partial charge on any atom is -0.354 e. The van der Waals surface area contributed by atoms with E-state index >= 15 is 0 Å². The third-order valence-electron chi connectivity index (χ3n) is 3.24. The summed E-state index contributed by atoms with van der Waals surface area (Å²) >= 11 is 11.3. The highest BCUT2D eigenvalue weighted by Crippen LogP contribution is 2.33. The molecule has 2 aromatic carbocycles. The van der Waals surface area contributed by atoms with E-state index < -0.39 is 0 Å². The van der Waals surface area contributed by atoms with Gasteiger partial charge in [0.15, 0.2) is 5.69 Å². The molecule has 3 rings (SSSR count). The summed E-state index contributed by atoms with van der Waals surface area (Å²) < 4.78 is 2.68. The molecular weight excluding hydrogens is 410 g/mol. The Morgan fingerprint density at radius 1 is 1.21 bits per heavy atom. The van der Waals surface area contributed by atoms with E-state index in [0.29, 0.717) is 10.7 Å². The van der Waals surface area contributed by atoms with Crippen LogP contribution in [0.2, 0.25) is 5.02 Å². The molecule has 0 unspecified atom stereocenters. The monoisotopic (exact) mass is 421 g/mol. The number of hydrogen-bond donors (Lipinski definition) is 1. The Morgan fingerprint density at radius 3 is 2.71 bits per heavy atom. The molecule has 1 N–H and O–H groups in total. The highest BCUT2D eigenvalue weighted by Gasteiger charge is 2.17. The third kappa shape index (κ3) is 3.66. The van der Waals surface area contributed by atoms with Crippen molar-refractivity contribution < 1.29 is 4.79 Å². The molecule has 0 aliphatic rings. The number of benzene rings is 2. The van der Waals surface area contributed by atoms with Crippen molar-refractivity contribution in [1.82, 2.24) is 15.1 Å². The first-order valence-corrected chi connectivity index (χ1v) is 9.07. The van der Waals surface area contributed by atoms with Gasteiger partial charge in [0, 0.05) is 22.5 Å². The summed E-state index contributed by atoms with van der Waals surface area (Å²) in [7, 11) is 1.58. The van der Waals surface area contributed by atoms with E-state index in [4.69, 9.17) is 11.6 Å². The van der Waals surface area contributed by atoms with Crippen LogP contribution in [0.3, 0.4) is 0 Å². The van der Waals surface area contributed by atoms with Crippen LogP contribution < -0.4 is 5.32 Å². The van der Waals surface area contributed by atoms with Crippen molar-refractivity contribution in [2.75, 3.05) is 7.05 Å². The van der Waals surface area contributed by atoms with Crippen molar-refractivity contribution in [3.63, 3.8) is 0 Å². The van der Waals surface area contributed by atoms with Gasteiger partial charge >= 0.3 is 0 Å². The van der Waals surface area contributed by atoms with Crippen LogP contribution in [0.25, 0.3) is 5.69 Å². The number of aromatic nitrogens is 2. The highest BCUT2D eigenvalue weighted by atomic mass is 79.9. The van der Waals surface area contributed by atoms with Crippen LogP contribution >= 0.6 is 39.3 Å². The summed E-state index contributed by atoms with van der Waals surface area (Å²) in [4.78, 5) is 13.0. The van der Waals surface area contributed by atoms with Gasteiger partial charge in [-0.1, -0.05) is 57.5 Å². The van der Waals surface area contributed by atoms with Gasteiger partial charge in [-0.15, -0.1) is 0 Å². The van der Waals surface area contributed by atoms with E-state index in [2.05, 4.69) is 26.3 Å². The predicted octanol–water partition coefficient (Wildman–Crippen LogP) is 4.80. The SMILES string of the molecule is CNC(=O)c1cc(Sc2cccc(Br)c2)n(-c2ccccc2Cl)n1. The van der Waals surface area contributed by atoms with Gasteiger partial charge in [-0.3, -0.25) is 4.79 Å². The molecule has 4 nitrogen and oxygen atoms in total. The summed E-state index contributed by atoms with van der Waals surface area (Å²) in [6.45, 7) is 0. The molecule has 122 valence electrons. The van der Waals surface area contributed by atoms with E-state index in [0.717, 1.165) is 20.1 Å². The van der Waals surface area contributed by atoms with E-state index in [1.165, 1.54) is 11.8 Å². The standard InChI is InChI=1S/C17H13BrClN3OS/c1-20-17(23)14-10-16(24-12-6-4-5-11(18)9-12)22(21-14)15-8-3-2-7-13(15)19/h2-10H,1H3,(H,20,23). The fourth-order valence-corrected chi connectivity index (χ4v) is 3.86. The lowest BCUT2D eigenvalue weighted by atomic mass is 10.3. The minimum atomic E-state index is -0.239. The molecule has 0 saturated heterocycles. The maximum Gasteiger partial charge on any atom is 0.271 e. The Balaban J connectivity index is 2.08. The Bertz CT molecular complexity index is 897. The maximum atomic E-state index is 12.0. The highest BCUT2D eigenvalue weighted by molar-refractivity contribution is 9.10. The Morgan fingerprint density at radius 2 is 2.00 bits per heavy atom. The van der Waals surface area contributed by atoms with Gasteiger partial charge in [0.1, 0.15) is 5.03 Å². The van der Waals surface area contributed by atoms with Gasteiger partial charge < -0.3 is 5.32 Å². The molecule has 0 spiro atoms. The lowest BCUT2D eigenvalue weighted by molar-refractivity contribution is 0.0957. The molecule has 0 aliphatic heterocycles. The smallest absolute Gasteiger partial charge is 0.271 e. The Kier molecular flexibility index (Phi) is 5.28. The number of carbonyl (C=O) groups excluding carboxylic acids is 1. The quantitative estimate of drug-likeness (QED) is 0.657. The van der Waals surface area contributed by atoms with Crippen LogP contribution in [-0.4, -0.2) is 22.7 Å². The van der Waals surface area contributed by atoms with Crippen LogP contribution in [-0.2, 0) is 0 Å². The van der Waals surface area contributed by atoms with Crippen LogP contribution in [0.1, 0.15) is 10.5 Å². The van der Waals surface area contributed by atoms with Crippen molar-refractivity contribution in [2.45, 2.75) is 9.92 Å². The summed E-state index contributed by atoms with van der Waals surface area (Å²) in [6.07, 6.45) is 0. The lowest BCUT2D eigenvalue weighted by Gasteiger charge is -2.08. The van der Waals surface area contributed by atoms with Gasteiger partial charge in [0.2, 0.25) is 0 Å². The molecule has 1 amide bonds. The zero-order chi connectivity index (χ0) is 17.1. The zero-order valence-electron chi connectivity index (χ0n) is 12.7. The Labute approximate surface area is 157 Å². The van der Waals surface area contributed by atoms with Crippen molar-refractivity contribution in [3.05, 3.63) is 69.8 Å². The average molecular weight is 423 g/mol. The number of rotatable bonds is 4. The maximum absolute atomic E-state index is 12.0. The van der Waals surface area contributed by atoms with E-state index in [9.17, 15) is 4.79 Å². The number of amides is 1. The van der Waals surface area contributed by atoms with Crippen LogP contribution in [0.4, 0.5) is 0 Å². The fourth-order valence-electron chi connectivity index (χ4n) is 2.12. The van der Waals surface area contributed by atoms with Crippen LogP contribution in [0.5, 0.6) is 0 Å². The Hall–Kier alpha value is -1.76. The van der Waals surface area contributed by atoms with E-state index in [1.807, 2.05) is 42.5 Å². The largest absolute Gasteiger partial charge is 0.354 e. The second-order valence-corrected chi connectivity index (χ2v) is 7.29. The molecule has 0 fully saturated rings. The van der Waals surface area contributed by atoms with Gasteiger partial charge in [-0.05, 0) is 30.3 Å². The number of carbonyl (C=O) groups is 1. The molecule has 0 aliphatic carbocycles. The lowest BCUT2D eigenvalue weighted by Crippen LogP contribution is -2.18. The van der Waals surface area contributed by atoms with Crippen molar-refractivity contribution in [2.24, 2.45) is 0 Å². The first-order chi connectivity index (χ1) is 11.6. The summed E-state index contributed by atoms with van der Waals surface area (Å²) in [5.41, 5.74) is 1.07. The summed E-state index contributed by atoms with van der Waals surface area (Å²) in [6, 6.07) is 17.1. The first kappa shape index (κ1) is 17.1. The van der Waals surface area contributed by atoms with Crippen LogP contribution in [0.15, 0.2) is 69.0 Å². The summed E-state index contributed by atoms with van der Waals surface area (Å²) in [5, 5.41) is 8.39. The molecule has 0 radical (unpaired) electrons. The second-order valence-electron chi connectivity index (χ2n) is 4.87. The molecule has 0 atom stereocenters. The molecule has 3 aromatic rings. The topological polar surface area (TPSA) is 46.9 Å². The number of para-hydroxylation sites is 1.